The van der Waals surface area contributed by atoms with Crippen LogP contribution in [0.2, 0.25) is 0 Å². The fourth-order valence-corrected chi connectivity index (χ4v) is 12.5. The fourth-order valence-electron chi connectivity index (χ4n) is 12.5. The van der Waals surface area contributed by atoms with Gasteiger partial charge in [0, 0.05) is 17.9 Å². The lowest BCUT2D eigenvalue weighted by Gasteiger charge is -2.58. The summed E-state index contributed by atoms with van der Waals surface area (Å²) in [7, 11) is 0. The van der Waals surface area contributed by atoms with Gasteiger partial charge in [0.1, 0.15) is 22.9 Å². The highest BCUT2D eigenvalue weighted by atomic mass is 16.5. The standard InChI is InChI=1S/C29H50O2.C21H30O2/c1-20(2)12-9-13-21(3)14-10-15-22(4)16-11-18-29(8)19-17-26-25(7)27(30)23(5)24(6)28(26)31-29;1-13(22)17-6-7-18-16-5-4-14-12-15(23)8-10-20(14,2)19(16)9-11-21(17,18)3/h20-22,30H,9-19H2,1-8H3;12,16-19H,4-11H2,1-3H3/t;16-,17+,18-,19-,20-,21+/m.0/s1. The molecule has 5 aliphatic rings. The van der Waals surface area contributed by atoms with E-state index in [0.717, 1.165) is 103 Å². The highest BCUT2D eigenvalue weighted by Gasteiger charge is 2.59. The summed E-state index contributed by atoms with van der Waals surface area (Å²) < 4.78 is 6.60. The van der Waals surface area contributed by atoms with E-state index < -0.39 is 0 Å². The van der Waals surface area contributed by atoms with Crippen LogP contribution in [0.15, 0.2) is 11.6 Å². The molecule has 4 heteroatoms. The smallest absolute Gasteiger partial charge is 0.155 e. The lowest BCUT2D eigenvalue weighted by Crippen LogP contribution is -2.51. The SMILES string of the molecule is CC(=O)[C@H]1CC[C@H]2[C@@H]3CCC4=CC(=O)CC[C@]4(C)[C@H]3CC[C@]12C.Cc1c(C)c2c(c(C)c1O)CCC(C)(CCCC(C)CCCC(C)CCCC(C)C)O2. The molecule has 1 heterocycles. The molecule has 4 nitrogen and oxygen atoms in total. The van der Waals surface area contributed by atoms with Crippen LogP contribution in [0.1, 0.15) is 193 Å². The highest BCUT2D eigenvalue weighted by molar-refractivity contribution is 5.91. The van der Waals surface area contributed by atoms with E-state index >= 15 is 0 Å². The van der Waals surface area contributed by atoms with E-state index in [1.54, 1.807) is 6.92 Å². The molecule has 0 radical (unpaired) electrons. The average Bonchev–Trinajstić information content (AvgIpc) is 3.48. The van der Waals surface area contributed by atoms with E-state index in [9.17, 15) is 14.7 Å². The Morgan fingerprint density at radius 3 is 2.07 bits per heavy atom. The molecule has 1 aromatic rings. The molecule has 6 rings (SSSR count). The van der Waals surface area contributed by atoms with Crippen LogP contribution in [0.3, 0.4) is 0 Å². The molecule has 3 unspecified atom stereocenters. The Hall–Kier alpha value is -2.10. The van der Waals surface area contributed by atoms with Crippen molar-refractivity contribution >= 4 is 11.6 Å². The summed E-state index contributed by atoms with van der Waals surface area (Å²) in [6.07, 6.45) is 25.0. The molecular weight excluding hydrogens is 665 g/mol. The molecule has 0 saturated heterocycles. The van der Waals surface area contributed by atoms with Gasteiger partial charge in [-0.1, -0.05) is 92.1 Å². The summed E-state index contributed by atoms with van der Waals surface area (Å²) >= 11 is 0. The number of hydrogen-bond donors (Lipinski definition) is 1. The Labute approximate surface area is 331 Å². The van der Waals surface area contributed by atoms with E-state index in [2.05, 4.69) is 55.4 Å². The van der Waals surface area contributed by atoms with Gasteiger partial charge in [0.25, 0.3) is 0 Å². The Kier molecular flexibility index (Phi) is 14.0. The topological polar surface area (TPSA) is 63.6 Å². The number of ketones is 2. The molecule has 3 saturated carbocycles. The van der Waals surface area contributed by atoms with Crippen molar-refractivity contribution in [2.75, 3.05) is 0 Å². The van der Waals surface area contributed by atoms with Crippen LogP contribution in [0.25, 0.3) is 0 Å². The summed E-state index contributed by atoms with van der Waals surface area (Å²) in [5, 5.41) is 10.4. The zero-order valence-electron chi connectivity index (χ0n) is 36.7. The van der Waals surface area contributed by atoms with E-state index in [4.69, 9.17) is 4.74 Å². The lowest BCUT2D eigenvalue weighted by atomic mass is 9.47. The first-order valence-electron chi connectivity index (χ1n) is 22.6. The maximum Gasteiger partial charge on any atom is 0.155 e. The number of phenols is 1. The Bertz CT molecular complexity index is 1520. The minimum Gasteiger partial charge on any atom is -0.507 e. The van der Waals surface area contributed by atoms with Crippen LogP contribution in [-0.2, 0) is 16.0 Å². The summed E-state index contributed by atoms with van der Waals surface area (Å²) in [4.78, 5) is 24.0. The van der Waals surface area contributed by atoms with Gasteiger partial charge in [0.05, 0.1) is 0 Å². The van der Waals surface area contributed by atoms with Crippen LogP contribution < -0.4 is 4.74 Å². The Morgan fingerprint density at radius 2 is 1.43 bits per heavy atom. The van der Waals surface area contributed by atoms with E-state index in [1.165, 1.54) is 88.2 Å². The van der Waals surface area contributed by atoms with Gasteiger partial charge in [-0.3, -0.25) is 9.59 Å². The molecule has 0 bridgehead atoms. The second-order valence-electron chi connectivity index (χ2n) is 20.7. The first-order valence-corrected chi connectivity index (χ1v) is 22.6. The number of rotatable bonds is 13. The summed E-state index contributed by atoms with van der Waals surface area (Å²) in [6.45, 7) is 24.6. The third-order valence-electron chi connectivity index (χ3n) is 16.3. The second kappa shape index (κ2) is 17.6. The monoisotopic (exact) mass is 745 g/mol. The first kappa shape index (κ1) is 43.0. The first-order chi connectivity index (χ1) is 25.4. The lowest BCUT2D eigenvalue weighted by molar-refractivity contribution is -0.128. The third kappa shape index (κ3) is 9.20. The number of fused-ring (bicyclic) bond motifs is 6. The van der Waals surface area contributed by atoms with Crippen molar-refractivity contribution in [3.63, 3.8) is 0 Å². The molecular formula is C50H80O4. The van der Waals surface area contributed by atoms with Gasteiger partial charge in [0.15, 0.2) is 5.78 Å². The molecule has 3 fully saturated rings. The molecule has 0 amide bonds. The quantitative estimate of drug-likeness (QED) is 0.218. The predicted octanol–water partition coefficient (Wildman–Crippen LogP) is 13.6. The molecule has 4 aliphatic carbocycles. The number of carbonyl (C=O) groups is 2. The molecule has 1 aromatic carbocycles. The number of Topliss-reactive ketones (excluding diaryl/α,β-unsaturated/α-hetero) is 1. The number of ether oxygens (including phenoxy) is 1. The fraction of sp³-hybridized carbons (Fsp3) is 0.800. The molecule has 1 aliphatic heterocycles. The van der Waals surface area contributed by atoms with Crippen molar-refractivity contribution < 1.29 is 19.4 Å². The molecule has 0 spiro atoms. The van der Waals surface area contributed by atoms with E-state index in [1.807, 2.05) is 19.9 Å². The van der Waals surface area contributed by atoms with Gasteiger partial charge in [-0.25, -0.2) is 0 Å². The van der Waals surface area contributed by atoms with Gasteiger partial charge in [-0.05, 0) is 174 Å². The van der Waals surface area contributed by atoms with Crippen molar-refractivity contribution in [1.29, 1.82) is 0 Å². The highest BCUT2D eigenvalue weighted by Crippen LogP contribution is 2.66. The minimum absolute atomic E-state index is 0.0712. The van der Waals surface area contributed by atoms with Crippen LogP contribution in [0.5, 0.6) is 11.5 Å². The van der Waals surface area contributed by atoms with Crippen LogP contribution in [0.4, 0.5) is 0 Å². The normalized spacial score (nSPS) is 32.6. The predicted molar refractivity (Wildman–Crippen MR) is 225 cm³/mol. The van der Waals surface area contributed by atoms with Crippen LogP contribution in [0, 0.1) is 73.0 Å². The van der Waals surface area contributed by atoms with Gasteiger partial charge in [-0.2, -0.15) is 0 Å². The number of benzene rings is 1. The van der Waals surface area contributed by atoms with Gasteiger partial charge < -0.3 is 9.84 Å². The van der Waals surface area contributed by atoms with Crippen molar-refractivity contribution in [2.45, 2.75) is 204 Å². The number of phenolic OH excluding ortho intramolecular Hbond substituents is 1. The van der Waals surface area contributed by atoms with Crippen LogP contribution in [-0.4, -0.2) is 22.3 Å². The summed E-state index contributed by atoms with van der Waals surface area (Å²) in [5.41, 5.74) is 6.17. The average molecular weight is 745 g/mol. The molecule has 0 aromatic heterocycles. The van der Waals surface area contributed by atoms with Crippen molar-refractivity contribution in [1.82, 2.24) is 0 Å². The van der Waals surface area contributed by atoms with Crippen molar-refractivity contribution in [2.24, 2.45) is 52.3 Å². The van der Waals surface area contributed by atoms with Crippen molar-refractivity contribution in [3.8, 4) is 11.5 Å². The van der Waals surface area contributed by atoms with Gasteiger partial charge >= 0.3 is 0 Å². The number of carbonyl (C=O) groups excluding carboxylic acids is 2. The number of allylic oxidation sites excluding steroid dienone is 1. The number of aromatic hydroxyl groups is 1. The molecule has 304 valence electrons. The molecule has 1 N–H and O–H groups in total. The third-order valence-corrected chi connectivity index (χ3v) is 16.3. The summed E-state index contributed by atoms with van der Waals surface area (Å²) in [6, 6.07) is 0. The zero-order chi connectivity index (χ0) is 39.6. The molecule has 54 heavy (non-hydrogen) atoms. The van der Waals surface area contributed by atoms with E-state index in [-0.39, 0.29) is 16.4 Å². The van der Waals surface area contributed by atoms with Gasteiger partial charge in [-0.15, -0.1) is 0 Å². The minimum atomic E-state index is -0.0712. The Morgan fingerprint density at radius 1 is 0.778 bits per heavy atom. The van der Waals surface area contributed by atoms with Crippen molar-refractivity contribution in [3.05, 3.63) is 33.9 Å². The van der Waals surface area contributed by atoms with Gasteiger partial charge in [0.2, 0.25) is 0 Å². The summed E-state index contributed by atoms with van der Waals surface area (Å²) in [5.74, 6) is 7.33. The molecule has 9 atom stereocenters. The maximum atomic E-state index is 12.1. The zero-order valence-corrected chi connectivity index (χ0v) is 36.7. The van der Waals surface area contributed by atoms with Crippen LogP contribution >= 0.6 is 0 Å². The second-order valence-corrected chi connectivity index (χ2v) is 20.7. The van der Waals surface area contributed by atoms with E-state index in [0.29, 0.717) is 23.2 Å². The maximum absolute atomic E-state index is 12.1. The Balaban J connectivity index is 0.000000216. The number of hydrogen-bond acceptors (Lipinski definition) is 4. The largest absolute Gasteiger partial charge is 0.507 e.